The number of rotatable bonds is 8. The van der Waals surface area contributed by atoms with Crippen LogP contribution < -0.4 is 0 Å². The molecule has 0 aromatic carbocycles. The highest BCUT2D eigenvalue weighted by Crippen LogP contribution is 2.50. The second kappa shape index (κ2) is 9.21. The minimum Gasteiger partial charge on any atom is -0.394 e. The zero-order chi connectivity index (χ0) is 19.4. The normalized spacial score (nSPS) is 33.4. The van der Waals surface area contributed by atoms with Crippen molar-refractivity contribution in [3.05, 3.63) is 0 Å². The molecule has 0 aliphatic carbocycles. The minimum atomic E-state index is -4.03. The fraction of sp³-hybridized carbons (Fsp3) is 1.00. The number of hydrogen-bond acceptors (Lipinski definition) is 8. The van der Waals surface area contributed by atoms with Crippen LogP contribution in [-0.4, -0.2) is 82.0 Å². The van der Waals surface area contributed by atoms with E-state index in [1.807, 2.05) is 20.8 Å². The fourth-order valence-corrected chi connectivity index (χ4v) is 2.98. The maximum Gasteiger partial charge on any atom is 0.331 e. The lowest BCUT2D eigenvalue weighted by Crippen LogP contribution is -2.60. The second-order valence-electron chi connectivity index (χ2n) is 7.27. The zero-order valence-electron chi connectivity index (χ0n) is 15.4. The molecule has 1 fully saturated rings. The molecule has 10 heteroatoms. The minimum absolute atomic E-state index is 0.0971. The van der Waals surface area contributed by atoms with Crippen LogP contribution >= 0.6 is 7.60 Å². The Kier molecular flexibility index (Phi) is 8.46. The first kappa shape index (κ1) is 23.0. The predicted octanol–water partition coefficient (Wildman–Crippen LogP) is 0.236. The summed E-state index contributed by atoms with van der Waals surface area (Å²) in [7, 11) is -4.03. The Morgan fingerprint density at radius 2 is 1.76 bits per heavy atom. The molecule has 6 unspecified atom stereocenters. The van der Waals surface area contributed by atoms with Crippen molar-refractivity contribution in [2.24, 2.45) is 0 Å². The average molecular weight is 386 g/mol. The van der Waals surface area contributed by atoms with Crippen molar-refractivity contribution in [1.82, 2.24) is 0 Å². The molecule has 1 aliphatic heterocycles. The molecule has 0 amide bonds. The topological polar surface area (TPSA) is 135 Å². The van der Waals surface area contributed by atoms with E-state index in [1.165, 1.54) is 13.8 Å². The van der Waals surface area contributed by atoms with Gasteiger partial charge in [-0.3, -0.25) is 9.09 Å². The summed E-state index contributed by atoms with van der Waals surface area (Å²) in [6.45, 7) is 8.39. The molecule has 9 nitrogen and oxygen atoms in total. The quantitative estimate of drug-likeness (QED) is 0.342. The Bertz CT molecular complexity index is 449. The van der Waals surface area contributed by atoms with E-state index < -0.39 is 50.6 Å². The van der Waals surface area contributed by atoms with Gasteiger partial charge in [0.1, 0.15) is 24.4 Å². The SMILES string of the molecule is CC(C)P(=O)(O)OC1C(CO)OC(OCCOC(C)(C)C)C(O)C1O. The van der Waals surface area contributed by atoms with Crippen LogP contribution in [0.3, 0.4) is 0 Å². The Labute approximate surface area is 148 Å². The third kappa shape index (κ3) is 6.86. The van der Waals surface area contributed by atoms with E-state index in [1.54, 1.807) is 0 Å². The zero-order valence-corrected chi connectivity index (χ0v) is 16.3. The van der Waals surface area contributed by atoms with Crippen molar-refractivity contribution >= 4 is 7.60 Å². The van der Waals surface area contributed by atoms with E-state index in [-0.39, 0.29) is 18.8 Å². The van der Waals surface area contributed by atoms with Crippen molar-refractivity contribution < 1.29 is 43.5 Å². The molecule has 1 aliphatic rings. The highest BCUT2D eigenvalue weighted by Gasteiger charge is 2.48. The number of ether oxygens (including phenoxy) is 3. The molecule has 0 aromatic rings. The third-order valence-corrected chi connectivity index (χ3v) is 5.50. The van der Waals surface area contributed by atoms with Crippen LogP contribution in [-0.2, 0) is 23.3 Å². The van der Waals surface area contributed by atoms with Crippen LogP contribution in [0.15, 0.2) is 0 Å². The molecule has 0 radical (unpaired) electrons. The van der Waals surface area contributed by atoms with Gasteiger partial charge in [-0.15, -0.1) is 0 Å². The number of hydrogen-bond donors (Lipinski definition) is 4. The lowest BCUT2D eigenvalue weighted by Gasteiger charge is -2.42. The highest BCUT2D eigenvalue weighted by atomic mass is 31.2. The molecule has 0 spiro atoms. The summed E-state index contributed by atoms with van der Waals surface area (Å²) in [6.07, 6.45) is -6.75. The summed E-state index contributed by atoms with van der Waals surface area (Å²) < 4.78 is 33.4. The van der Waals surface area contributed by atoms with E-state index in [4.69, 9.17) is 18.7 Å². The highest BCUT2D eigenvalue weighted by molar-refractivity contribution is 7.53. The van der Waals surface area contributed by atoms with Crippen molar-refractivity contribution in [3.8, 4) is 0 Å². The lowest BCUT2D eigenvalue weighted by molar-refractivity contribution is -0.300. The molecule has 1 heterocycles. The van der Waals surface area contributed by atoms with Gasteiger partial charge in [0.2, 0.25) is 0 Å². The van der Waals surface area contributed by atoms with Crippen LogP contribution in [0.5, 0.6) is 0 Å². The Morgan fingerprint density at radius 3 is 2.24 bits per heavy atom. The first-order chi connectivity index (χ1) is 11.4. The van der Waals surface area contributed by atoms with Gasteiger partial charge in [0.15, 0.2) is 6.29 Å². The lowest BCUT2D eigenvalue weighted by atomic mass is 9.99. The monoisotopic (exact) mass is 386 g/mol. The van der Waals surface area contributed by atoms with Gasteiger partial charge in [-0.2, -0.15) is 0 Å². The van der Waals surface area contributed by atoms with Crippen LogP contribution in [0.4, 0.5) is 0 Å². The molecule has 4 N–H and O–H groups in total. The molecule has 0 bridgehead atoms. The summed E-state index contributed by atoms with van der Waals surface area (Å²) in [5.74, 6) is 0. The van der Waals surface area contributed by atoms with Crippen molar-refractivity contribution in [1.29, 1.82) is 0 Å². The summed E-state index contributed by atoms with van der Waals surface area (Å²) in [6, 6.07) is 0. The summed E-state index contributed by atoms with van der Waals surface area (Å²) in [5.41, 5.74) is -1.06. The molecule has 150 valence electrons. The summed E-state index contributed by atoms with van der Waals surface area (Å²) >= 11 is 0. The van der Waals surface area contributed by atoms with Gasteiger partial charge < -0.3 is 34.4 Å². The van der Waals surface area contributed by atoms with Gasteiger partial charge in [0.25, 0.3) is 0 Å². The number of aliphatic hydroxyl groups excluding tert-OH is 3. The van der Waals surface area contributed by atoms with Gasteiger partial charge in [0.05, 0.1) is 31.1 Å². The van der Waals surface area contributed by atoms with Gasteiger partial charge >= 0.3 is 7.60 Å². The molecule has 6 atom stereocenters. The smallest absolute Gasteiger partial charge is 0.331 e. The maximum absolute atomic E-state index is 12.0. The first-order valence-corrected chi connectivity index (χ1v) is 9.92. The average Bonchev–Trinajstić information content (AvgIpc) is 2.49. The van der Waals surface area contributed by atoms with Gasteiger partial charge in [0, 0.05) is 0 Å². The second-order valence-corrected chi connectivity index (χ2v) is 9.64. The number of aliphatic hydroxyl groups is 3. The summed E-state index contributed by atoms with van der Waals surface area (Å²) in [5, 5.41) is 29.8. The van der Waals surface area contributed by atoms with Crippen LogP contribution in [0, 0.1) is 0 Å². The van der Waals surface area contributed by atoms with E-state index in [2.05, 4.69) is 0 Å². The molecule has 1 rings (SSSR count). The maximum atomic E-state index is 12.0. The Morgan fingerprint density at radius 1 is 1.16 bits per heavy atom. The van der Waals surface area contributed by atoms with Crippen LogP contribution in [0.2, 0.25) is 0 Å². The molecule has 0 saturated carbocycles. The molecular weight excluding hydrogens is 355 g/mol. The van der Waals surface area contributed by atoms with Gasteiger partial charge in [-0.05, 0) is 20.8 Å². The van der Waals surface area contributed by atoms with Crippen LogP contribution in [0.1, 0.15) is 34.6 Å². The largest absolute Gasteiger partial charge is 0.394 e. The predicted molar refractivity (Wildman–Crippen MR) is 89.3 cm³/mol. The van der Waals surface area contributed by atoms with Crippen molar-refractivity contribution in [2.75, 3.05) is 19.8 Å². The fourth-order valence-electron chi connectivity index (χ4n) is 2.13. The van der Waals surface area contributed by atoms with Crippen molar-refractivity contribution in [3.63, 3.8) is 0 Å². The van der Waals surface area contributed by atoms with Gasteiger partial charge in [-0.25, -0.2) is 0 Å². The summed E-state index contributed by atoms with van der Waals surface area (Å²) in [4.78, 5) is 9.83. The molecular formula is C15H31O9P. The first-order valence-electron chi connectivity index (χ1n) is 8.28. The van der Waals surface area contributed by atoms with E-state index in [0.29, 0.717) is 0 Å². The Balaban J connectivity index is 2.68. The van der Waals surface area contributed by atoms with Crippen LogP contribution in [0.25, 0.3) is 0 Å². The third-order valence-electron chi connectivity index (χ3n) is 3.65. The molecule has 25 heavy (non-hydrogen) atoms. The van der Waals surface area contributed by atoms with E-state index in [9.17, 15) is 24.8 Å². The van der Waals surface area contributed by atoms with Gasteiger partial charge in [-0.1, -0.05) is 13.8 Å². The van der Waals surface area contributed by atoms with E-state index in [0.717, 1.165) is 0 Å². The Hall–Kier alpha value is -0.0900. The standard InChI is InChI=1S/C15H31O9P/c1-9(2)25(19,20)24-13-10(8-16)23-14(12(18)11(13)17)21-6-7-22-15(3,4)5/h9-14,16-18H,6-8H2,1-5H3,(H,19,20). The molecule has 1 saturated heterocycles. The molecule has 0 aromatic heterocycles. The van der Waals surface area contributed by atoms with Crippen molar-refractivity contribution in [2.45, 2.75) is 76.6 Å². The van der Waals surface area contributed by atoms with E-state index >= 15 is 0 Å².